The summed E-state index contributed by atoms with van der Waals surface area (Å²) in [6.07, 6.45) is 8.39. The van der Waals surface area contributed by atoms with Gasteiger partial charge in [0.1, 0.15) is 0 Å². The maximum Gasteiger partial charge on any atom is 0.0807 e. The van der Waals surface area contributed by atoms with Crippen molar-refractivity contribution in [2.24, 2.45) is 0 Å². The number of hydrogen-bond acceptors (Lipinski definition) is 2. The summed E-state index contributed by atoms with van der Waals surface area (Å²) in [5.41, 5.74) is 2.47. The molecule has 3 rings (SSSR count). The molecule has 1 atom stereocenters. The number of thiophene rings is 1. The first kappa shape index (κ1) is 12.5. The Balaban J connectivity index is 1.87. The van der Waals surface area contributed by atoms with Crippen LogP contribution in [0, 0.1) is 0 Å². The van der Waals surface area contributed by atoms with E-state index in [0.29, 0.717) is 0 Å². The van der Waals surface area contributed by atoms with Gasteiger partial charge in [-0.2, -0.15) is 0 Å². The van der Waals surface area contributed by atoms with Crippen molar-refractivity contribution < 1.29 is 5.11 Å². The quantitative estimate of drug-likeness (QED) is 0.825. The maximum absolute atomic E-state index is 10.1. The van der Waals surface area contributed by atoms with Gasteiger partial charge >= 0.3 is 0 Å². The molecule has 2 aromatic rings. The number of aliphatic hydroxyl groups excluding tert-OH is 1. The summed E-state index contributed by atoms with van der Waals surface area (Å²) in [5, 5.41) is 12.2. The first-order chi connectivity index (χ1) is 8.74. The normalized spacial score (nSPS) is 19.6. The van der Waals surface area contributed by atoms with Crippen LogP contribution >= 0.6 is 27.3 Å². The highest BCUT2D eigenvalue weighted by Gasteiger charge is 2.18. The standard InChI is InChI=1S/C14H16BrNOS/c15-12-5-6-18-14(12)9-16-7-10-3-1-2-4-13(17)11(10)8-16/h5-8,13,17H,1-4,9H2. The molecular formula is C14H16BrNOS. The summed E-state index contributed by atoms with van der Waals surface area (Å²) >= 11 is 5.33. The summed E-state index contributed by atoms with van der Waals surface area (Å²) in [6.45, 7) is 0.887. The van der Waals surface area contributed by atoms with Gasteiger partial charge in [0.15, 0.2) is 0 Å². The van der Waals surface area contributed by atoms with Crippen molar-refractivity contribution in [3.63, 3.8) is 0 Å². The van der Waals surface area contributed by atoms with E-state index in [9.17, 15) is 5.11 Å². The lowest BCUT2D eigenvalue weighted by molar-refractivity contribution is 0.166. The fourth-order valence-corrected chi connectivity index (χ4v) is 4.07. The Kier molecular flexibility index (Phi) is 3.59. The van der Waals surface area contributed by atoms with Gasteiger partial charge in [0.2, 0.25) is 0 Å². The van der Waals surface area contributed by atoms with Gasteiger partial charge in [-0.15, -0.1) is 11.3 Å². The highest BCUT2D eigenvalue weighted by molar-refractivity contribution is 9.10. The molecular weight excluding hydrogens is 310 g/mol. The second-order valence-corrected chi connectivity index (χ2v) is 6.72. The molecule has 0 amide bonds. The first-order valence-corrected chi connectivity index (χ1v) is 8.00. The molecule has 2 aromatic heterocycles. The minimum Gasteiger partial charge on any atom is -0.388 e. The van der Waals surface area contributed by atoms with Crippen molar-refractivity contribution in [2.75, 3.05) is 0 Å². The zero-order valence-corrected chi connectivity index (χ0v) is 12.5. The Morgan fingerprint density at radius 1 is 1.39 bits per heavy atom. The molecule has 1 unspecified atom stereocenters. The van der Waals surface area contributed by atoms with Crippen LogP contribution in [0.25, 0.3) is 0 Å². The molecule has 2 heterocycles. The van der Waals surface area contributed by atoms with Gasteiger partial charge in [0, 0.05) is 27.3 Å². The number of hydrogen-bond donors (Lipinski definition) is 1. The van der Waals surface area contributed by atoms with Gasteiger partial charge in [-0.3, -0.25) is 0 Å². The second kappa shape index (κ2) is 5.19. The molecule has 1 aliphatic carbocycles. The smallest absolute Gasteiger partial charge is 0.0807 e. The summed E-state index contributed by atoms with van der Waals surface area (Å²) in [6, 6.07) is 2.09. The van der Waals surface area contributed by atoms with Gasteiger partial charge < -0.3 is 9.67 Å². The van der Waals surface area contributed by atoms with Gasteiger partial charge in [-0.1, -0.05) is 6.42 Å². The molecule has 0 fully saturated rings. The van der Waals surface area contributed by atoms with Crippen LogP contribution in [0.4, 0.5) is 0 Å². The van der Waals surface area contributed by atoms with Crippen molar-refractivity contribution in [1.29, 1.82) is 0 Å². The maximum atomic E-state index is 10.1. The van der Waals surface area contributed by atoms with E-state index in [-0.39, 0.29) is 6.10 Å². The van der Waals surface area contributed by atoms with E-state index in [1.54, 1.807) is 11.3 Å². The number of aryl methyl sites for hydroxylation is 1. The van der Waals surface area contributed by atoms with E-state index >= 15 is 0 Å². The molecule has 0 aliphatic heterocycles. The van der Waals surface area contributed by atoms with E-state index in [2.05, 4.69) is 44.3 Å². The zero-order chi connectivity index (χ0) is 12.5. The minimum absolute atomic E-state index is 0.268. The molecule has 1 aliphatic rings. The SMILES string of the molecule is OC1CCCCc2cn(Cc3sccc3Br)cc21. The van der Waals surface area contributed by atoms with Gasteiger partial charge in [0.25, 0.3) is 0 Å². The molecule has 0 spiro atoms. The number of halogens is 1. The number of aromatic nitrogens is 1. The fraction of sp³-hybridized carbons (Fsp3) is 0.429. The topological polar surface area (TPSA) is 25.2 Å². The van der Waals surface area contributed by atoms with E-state index < -0.39 is 0 Å². The van der Waals surface area contributed by atoms with Crippen molar-refractivity contribution in [1.82, 2.24) is 4.57 Å². The number of fused-ring (bicyclic) bond motifs is 1. The predicted molar refractivity (Wildman–Crippen MR) is 78.1 cm³/mol. The zero-order valence-electron chi connectivity index (χ0n) is 10.1. The monoisotopic (exact) mass is 325 g/mol. The van der Waals surface area contributed by atoms with Gasteiger partial charge in [-0.25, -0.2) is 0 Å². The highest BCUT2D eigenvalue weighted by Crippen LogP contribution is 2.30. The Morgan fingerprint density at radius 3 is 3.06 bits per heavy atom. The third kappa shape index (κ3) is 2.42. The van der Waals surface area contributed by atoms with Crippen molar-refractivity contribution in [2.45, 2.75) is 38.3 Å². The number of aliphatic hydroxyl groups is 1. The molecule has 4 heteroatoms. The minimum atomic E-state index is -0.268. The lowest BCUT2D eigenvalue weighted by Crippen LogP contribution is -1.97. The van der Waals surface area contributed by atoms with Gasteiger partial charge in [-0.05, 0) is 52.2 Å². The molecule has 18 heavy (non-hydrogen) atoms. The summed E-state index contributed by atoms with van der Waals surface area (Å²) in [4.78, 5) is 1.33. The Bertz CT molecular complexity index is 546. The Morgan fingerprint density at radius 2 is 2.28 bits per heavy atom. The molecule has 96 valence electrons. The molecule has 0 aromatic carbocycles. The van der Waals surface area contributed by atoms with Crippen LogP contribution in [0.2, 0.25) is 0 Å². The molecule has 0 radical (unpaired) electrons. The van der Waals surface area contributed by atoms with E-state index in [1.807, 2.05) is 0 Å². The Labute approximate surface area is 119 Å². The molecule has 2 nitrogen and oxygen atoms in total. The third-order valence-corrected chi connectivity index (χ3v) is 5.46. The first-order valence-electron chi connectivity index (χ1n) is 6.32. The van der Waals surface area contributed by atoms with Crippen LogP contribution in [0.3, 0.4) is 0 Å². The van der Waals surface area contributed by atoms with Crippen LogP contribution in [-0.4, -0.2) is 9.67 Å². The van der Waals surface area contributed by atoms with Gasteiger partial charge in [0.05, 0.1) is 12.6 Å². The van der Waals surface area contributed by atoms with E-state index in [0.717, 1.165) is 31.4 Å². The van der Waals surface area contributed by atoms with Crippen LogP contribution in [0.15, 0.2) is 28.3 Å². The molecule has 1 N–H and O–H groups in total. The predicted octanol–water partition coefficient (Wildman–Crippen LogP) is 4.12. The van der Waals surface area contributed by atoms with E-state index in [4.69, 9.17) is 0 Å². The van der Waals surface area contributed by atoms with Crippen molar-refractivity contribution >= 4 is 27.3 Å². The summed E-state index contributed by atoms with van der Waals surface area (Å²) < 4.78 is 3.38. The number of nitrogens with zero attached hydrogens (tertiary/aromatic N) is 1. The average molecular weight is 326 g/mol. The average Bonchev–Trinajstić information content (AvgIpc) is 2.89. The van der Waals surface area contributed by atoms with Crippen molar-refractivity contribution in [3.05, 3.63) is 44.3 Å². The summed E-state index contributed by atoms with van der Waals surface area (Å²) in [5.74, 6) is 0. The second-order valence-electron chi connectivity index (χ2n) is 4.86. The summed E-state index contributed by atoms with van der Waals surface area (Å²) in [7, 11) is 0. The van der Waals surface area contributed by atoms with E-state index in [1.165, 1.54) is 21.3 Å². The largest absolute Gasteiger partial charge is 0.388 e. The van der Waals surface area contributed by atoms with Crippen molar-refractivity contribution in [3.8, 4) is 0 Å². The molecule has 0 bridgehead atoms. The molecule has 0 saturated heterocycles. The highest BCUT2D eigenvalue weighted by atomic mass is 79.9. The van der Waals surface area contributed by atoms with Crippen LogP contribution < -0.4 is 0 Å². The Hall–Kier alpha value is -0.580. The lowest BCUT2D eigenvalue weighted by Gasteiger charge is -2.06. The van der Waals surface area contributed by atoms with Crippen LogP contribution in [0.1, 0.15) is 41.4 Å². The lowest BCUT2D eigenvalue weighted by atomic mass is 10.1. The third-order valence-electron chi connectivity index (χ3n) is 3.55. The van der Waals surface area contributed by atoms with Crippen LogP contribution in [-0.2, 0) is 13.0 Å². The van der Waals surface area contributed by atoms with Crippen LogP contribution in [0.5, 0.6) is 0 Å². The molecule has 0 saturated carbocycles. The number of rotatable bonds is 2. The fourth-order valence-electron chi connectivity index (χ4n) is 2.59.